The van der Waals surface area contributed by atoms with E-state index in [1.54, 1.807) is 55.6 Å². The van der Waals surface area contributed by atoms with E-state index in [1.165, 1.54) is 11.8 Å². The normalized spacial score (nSPS) is 10.7. The van der Waals surface area contributed by atoms with Gasteiger partial charge in [-0.15, -0.1) is 10.2 Å². The molecule has 0 amide bonds. The van der Waals surface area contributed by atoms with Crippen molar-refractivity contribution in [3.8, 4) is 22.9 Å². The minimum absolute atomic E-state index is 0.0227. The molecule has 0 radical (unpaired) electrons. The summed E-state index contributed by atoms with van der Waals surface area (Å²) in [5.74, 6) is 1.94. The number of methoxy groups -OCH3 is 1. The van der Waals surface area contributed by atoms with E-state index in [9.17, 15) is 9.90 Å². The maximum absolute atomic E-state index is 12.4. The van der Waals surface area contributed by atoms with Crippen molar-refractivity contribution >= 4 is 17.5 Å². The van der Waals surface area contributed by atoms with Crippen LogP contribution in [0, 0.1) is 0 Å². The Hall–Kier alpha value is -2.80. The van der Waals surface area contributed by atoms with Gasteiger partial charge in [0.15, 0.2) is 16.8 Å². The van der Waals surface area contributed by atoms with Crippen LogP contribution in [-0.4, -0.2) is 38.5 Å². The standard InChI is InChI=1S/C19H19N3O3S/c1-3-22-18(14-4-8-15(23)9-5-14)20-21-19(22)26-12-17(24)13-6-10-16(25-2)11-7-13/h4-11,23H,3,12H2,1-2H3. The number of thioether (sulfide) groups is 1. The SMILES string of the molecule is CCn1c(SCC(=O)c2ccc(OC)cc2)nnc1-c1ccc(O)cc1. The van der Waals surface area contributed by atoms with Crippen LogP contribution in [0.2, 0.25) is 0 Å². The van der Waals surface area contributed by atoms with Crippen molar-refractivity contribution in [3.63, 3.8) is 0 Å². The van der Waals surface area contributed by atoms with Crippen LogP contribution in [-0.2, 0) is 6.54 Å². The van der Waals surface area contributed by atoms with Gasteiger partial charge in [-0.05, 0) is 55.5 Å². The molecule has 134 valence electrons. The summed E-state index contributed by atoms with van der Waals surface area (Å²) in [5, 5.41) is 18.6. The maximum atomic E-state index is 12.4. The molecule has 0 saturated heterocycles. The highest BCUT2D eigenvalue weighted by molar-refractivity contribution is 7.99. The number of rotatable bonds is 7. The van der Waals surface area contributed by atoms with Crippen molar-refractivity contribution in [3.05, 3.63) is 54.1 Å². The third kappa shape index (κ3) is 3.88. The lowest BCUT2D eigenvalue weighted by Gasteiger charge is -2.07. The average Bonchev–Trinajstić information content (AvgIpc) is 3.09. The summed E-state index contributed by atoms with van der Waals surface area (Å²) in [6.45, 7) is 2.69. The zero-order chi connectivity index (χ0) is 18.5. The number of ketones is 1. The number of phenols is 1. The highest BCUT2D eigenvalue weighted by atomic mass is 32.2. The number of Topliss-reactive ketones (excluding diaryl/α,β-unsaturated/α-hetero) is 1. The lowest BCUT2D eigenvalue weighted by atomic mass is 10.1. The lowest BCUT2D eigenvalue weighted by Crippen LogP contribution is -2.05. The van der Waals surface area contributed by atoms with Crippen molar-refractivity contribution in [1.82, 2.24) is 14.8 Å². The average molecular weight is 369 g/mol. The first-order valence-electron chi connectivity index (χ1n) is 8.15. The monoisotopic (exact) mass is 369 g/mol. The van der Waals surface area contributed by atoms with E-state index in [0.717, 1.165) is 11.3 Å². The van der Waals surface area contributed by atoms with Crippen molar-refractivity contribution in [2.24, 2.45) is 0 Å². The Labute approximate surface area is 155 Å². The predicted octanol–water partition coefficient (Wildman–Crippen LogP) is 3.65. The molecule has 1 N–H and O–H groups in total. The van der Waals surface area contributed by atoms with Crippen LogP contribution in [0.1, 0.15) is 17.3 Å². The van der Waals surface area contributed by atoms with E-state index in [0.29, 0.717) is 23.1 Å². The molecule has 2 aromatic carbocycles. The zero-order valence-electron chi connectivity index (χ0n) is 14.5. The first-order valence-corrected chi connectivity index (χ1v) is 9.13. The molecular formula is C19H19N3O3S. The van der Waals surface area contributed by atoms with E-state index >= 15 is 0 Å². The number of aromatic nitrogens is 3. The molecule has 0 fully saturated rings. The Morgan fingerprint density at radius 2 is 1.81 bits per heavy atom. The van der Waals surface area contributed by atoms with Crippen molar-refractivity contribution in [1.29, 1.82) is 0 Å². The van der Waals surface area contributed by atoms with Gasteiger partial charge in [0.25, 0.3) is 0 Å². The number of benzene rings is 2. The van der Waals surface area contributed by atoms with Gasteiger partial charge >= 0.3 is 0 Å². The van der Waals surface area contributed by atoms with E-state index < -0.39 is 0 Å². The molecule has 0 aliphatic carbocycles. The van der Waals surface area contributed by atoms with Crippen LogP contribution in [0.4, 0.5) is 0 Å². The van der Waals surface area contributed by atoms with Gasteiger partial charge in [0.2, 0.25) is 0 Å². The summed E-state index contributed by atoms with van der Waals surface area (Å²) >= 11 is 1.36. The Bertz CT molecular complexity index is 889. The van der Waals surface area contributed by atoms with Gasteiger partial charge in [0.1, 0.15) is 11.5 Å². The first kappa shape index (κ1) is 18.0. The number of carbonyl (C=O) groups is 1. The molecule has 3 aromatic rings. The molecular weight excluding hydrogens is 350 g/mol. The smallest absolute Gasteiger partial charge is 0.191 e. The molecule has 3 rings (SSSR count). The number of ether oxygens (including phenoxy) is 1. The fourth-order valence-electron chi connectivity index (χ4n) is 2.49. The molecule has 0 atom stereocenters. The minimum atomic E-state index is 0.0227. The predicted molar refractivity (Wildman–Crippen MR) is 101 cm³/mol. The zero-order valence-corrected chi connectivity index (χ0v) is 15.4. The fraction of sp³-hybridized carbons (Fsp3) is 0.211. The minimum Gasteiger partial charge on any atom is -0.508 e. The summed E-state index contributed by atoms with van der Waals surface area (Å²) in [6, 6.07) is 13.9. The number of hydrogen-bond acceptors (Lipinski definition) is 6. The Morgan fingerprint density at radius 1 is 1.12 bits per heavy atom. The molecule has 1 heterocycles. The van der Waals surface area contributed by atoms with Crippen LogP contribution in [0.5, 0.6) is 11.5 Å². The quantitative estimate of drug-likeness (QED) is 0.506. The summed E-state index contributed by atoms with van der Waals surface area (Å²) in [6.07, 6.45) is 0. The van der Waals surface area contributed by atoms with Crippen LogP contribution in [0.25, 0.3) is 11.4 Å². The van der Waals surface area contributed by atoms with E-state index in [1.807, 2.05) is 11.5 Å². The highest BCUT2D eigenvalue weighted by Crippen LogP contribution is 2.26. The summed E-state index contributed by atoms with van der Waals surface area (Å²) in [7, 11) is 1.59. The maximum Gasteiger partial charge on any atom is 0.191 e. The number of carbonyl (C=O) groups excluding carboxylic acids is 1. The molecule has 6 nitrogen and oxygen atoms in total. The Kier molecular flexibility index (Phi) is 5.58. The molecule has 0 saturated carbocycles. The molecule has 26 heavy (non-hydrogen) atoms. The van der Waals surface area contributed by atoms with Gasteiger partial charge < -0.3 is 14.4 Å². The van der Waals surface area contributed by atoms with Crippen LogP contribution in [0.3, 0.4) is 0 Å². The molecule has 0 unspecified atom stereocenters. The van der Waals surface area contributed by atoms with Crippen molar-refractivity contribution < 1.29 is 14.6 Å². The molecule has 0 spiro atoms. The van der Waals surface area contributed by atoms with E-state index in [4.69, 9.17) is 4.74 Å². The second kappa shape index (κ2) is 8.05. The number of nitrogens with zero attached hydrogens (tertiary/aromatic N) is 3. The van der Waals surface area contributed by atoms with Gasteiger partial charge in [-0.2, -0.15) is 0 Å². The fourth-order valence-corrected chi connectivity index (χ4v) is 3.39. The number of aromatic hydroxyl groups is 1. The van der Waals surface area contributed by atoms with Gasteiger partial charge in [0.05, 0.1) is 12.9 Å². The van der Waals surface area contributed by atoms with Crippen molar-refractivity contribution in [2.45, 2.75) is 18.6 Å². The first-order chi connectivity index (χ1) is 12.6. The molecule has 1 aromatic heterocycles. The van der Waals surface area contributed by atoms with Gasteiger partial charge in [-0.25, -0.2) is 0 Å². The van der Waals surface area contributed by atoms with Crippen LogP contribution >= 0.6 is 11.8 Å². The second-order valence-electron chi connectivity index (χ2n) is 5.54. The third-order valence-electron chi connectivity index (χ3n) is 3.90. The molecule has 7 heteroatoms. The topological polar surface area (TPSA) is 77.2 Å². The molecule has 0 aliphatic heterocycles. The van der Waals surface area contributed by atoms with Crippen LogP contribution < -0.4 is 4.74 Å². The Morgan fingerprint density at radius 3 is 2.42 bits per heavy atom. The van der Waals surface area contributed by atoms with Gasteiger partial charge in [0, 0.05) is 17.7 Å². The second-order valence-corrected chi connectivity index (χ2v) is 6.48. The van der Waals surface area contributed by atoms with Gasteiger partial charge in [-0.3, -0.25) is 4.79 Å². The van der Waals surface area contributed by atoms with Crippen molar-refractivity contribution in [2.75, 3.05) is 12.9 Å². The number of hydrogen-bond donors (Lipinski definition) is 1. The summed E-state index contributed by atoms with van der Waals surface area (Å²) < 4.78 is 7.06. The largest absolute Gasteiger partial charge is 0.508 e. The summed E-state index contributed by atoms with van der Waals surface area (Å²) in [5.41, 5.74) is 1.50. The van der Waals surface area contributed by atoms with E-state index in [-0.39, 0.29) is 17.3 Å². The van der Waals surface area contributed by atoms with E-state index in [2.05, 4.69) is 10.2 Å². The van der Waals surface area contributed by atoms with Gasteiger partial charge in [-0.1, -0.05) is 11.8 Å². The molecule has 0 bridgehead atoms. The third-order valence-corrected chi connectivity index (χ3v) is 4.87. The Balaban J connectivity index is 1.73. The molecule has 0 aliphatic rings. The highest BCUT2D eigenvalue weighted by Gasteiger charge is 2.15. The lowest BCUT2D eigenvalue weighted by molar-refractivity contribution is 0.102. The van der Waals surface area contributed by atoms with Crippen LogP contribution in [0.15, 0.2) is 53.7 Å². The summed E-state index contributed by atoms with van der Waals surface area (Å²) in [4.78, 5) is 12.4. The number of phenolic OH excluding ortho intramolecular Hbond substituents is 1.